The van der Waals surface area contributed by atoms with E-state index in [1.165, 1.54) is 49.8 Å². The number of hydrogen-bond acceptors (Lipinski definition) is 5. The zero-order valence-electron chi connectivity index (χ0n) is 14.5. The monoisotopic (exact) mass is 354 g/mol. The molecule has 136 valence electrons. The van der Waals surface area contributed by atoms with Crippen molar-refractivity contribution in [1.82, 2.24) is 0 Å². The van der Waals surface area contributed by atoms with Crippen LogP contribution in [0.1, 0.15) is 64.3 Å². The van der Waals surface area contributed by atoms with Gasteiger partial charge in [0.25, 0.3) is 0 Å². The maximum atomic E-state index is 12.2. The standard InChI is InChI=1S/C21H22O5/c22-18-11-10-17(12-19(18)23)21(25)26-13-20(24)16-8-6-15(7-9-16)14-4-2-1-3-5-14/h6-12,14,22-23H,1-5,13H2. The summed E-state index contributed by atoms with van der Waals surface area (Å²) in [7, 11) is 0. The highest BCUT2D eigenvalue weighted by atomic mass is 16.5. The van der Waals surface area contributed by atoms with E-state index in [9.17, 15) is 19.8 Å². The molecule has 2 aromatic carbocycles. The molecule has 0 spiro atoms. The molecular weight excluding hydrogens is 332 g/mol. The third kappa shape index (κ3) is 4.23. The molecule has 0 saturated heterocycles. The van der Waals surface area contributed by atoms with Gasteiger partial charge in [0.1, 0.15) is 0 Å². The maximum absolute atomic E-state index is 12.2. The summed E-state index contributed by atoms with van der Waals surface area (Å²) in [6, 6.07) is 11.2. The molecule has 5 heteroatoms. The molecule has 3 rings (SSSR count). The van der Waals surface area contributed by atoms with Crippen LogP contribution >= 0.6 is 0 Å². The number of hydrogen-bond donors (Lipinski definition) is 2. The van der Waals surface area contributed by atoms with Crippen LogP contribution in [0.4, 0.5) is 0 Å². The Balaban J connectivity index is 1.57. The van der Waals surface area contributed by atoms with Crippen LogP contribution in [0.3, 0.4) is 0 Å². The van der Waals surface area contributed by atoms with Gasteiger partial charge in [-0.25, -0.2) is 4.79 Å². The molecule has 0 radical (unpaired) electrons. The average Bonchev–Trinajstić information content (AvgIpc) is 2.68. The average molecular weight is 354 g/mol. The number of carbonyl (C=O) groups is 2. The summed E-state index contributed by atoms with van der Waals surface area (Å²) in [5.41, 5.74) is 1.84. The van der Waals surface area contributed by atoms with E-state index in [-0.39, 0.29) is 23.7 Å². The van der Waals surface area contributed by atoms with Gasteiger partial charge in [-0.3, -0.25) is 4.79 Å². The zero-order chi connectivity index (χ0) is 18.5. The van der Waals surface area contributed by atoms with Gasteiger partial charge < -0.3 is 14.9 Å². The first kappa shape index (κ1) is 18.0. The van der Waals surface area contributed by atoms with Crippen LogP contribution in [-0.4, -0.2) is 28.6 Å². The van der Waals surface area contributed by atoms with E-state index < -0.39 is 11.7 Å². The predicted molar refractivity (Wildman–Crippen MR) is 96.7 cm³/mol. The van der Waals surface area contributed by atoms with Crippen LogP contribution in [0.5, 0.6) is 11.5 Å². The number of ketones is 1. The molecule has 26 heavy (non-hydrogen) atoms. The summed E-state index contributed by atoms with van der Waals surface area (Å²) < 4.78 is 5.00. The lowest BCUT2D eigenvalue weighted by Gasteiger charge is -2.22. The van der Waals surface area contributed by atoms with E-state index in [1.54, 1.807) is 12.1 Å². The molecule has 2 aromatic rings. The summed E-state index contributed by atoms with van der Waals surface area (Å²) in [4.78, 5) is 24.2. The minimum atomic E-state index is -0.729. The fourth-order valence-corrected chi connectivity index (χ4v) is 3.33. The highest BCUT2D eigenvalue weighted by Crippen LogP contribution is 2.32. The second kappa shape index (κ2) is 8.04. The molecule has 1 aliphatic rings. The largest absolute Gasteiger partial charge is 0.504 e. The van der Waals surface area contributed by atoms with E-state index in [0.717, 1.165) is 6.07 Å². The molecule has 1 fully saturated rings. The normalized spacial score (nSPS) is 14.8. The Morgan fingerprint density at radius 1 is 0.885 bits per heavy atom. The Labute approximate surface area is 152 Å². The number of benzene rings is 2. The predicted octanol–water partition coefficient (Wildman–Crippen LogP) is 4.19. The van der Waals surface area contributed by atoms with Gasteiger partial charge in [0.15, 0.2) is 23.9 Å². The smallest absolute Gasteiger partial charge is 0.338 e. The van der Waals surface area contributed by atoms with Crippen LogP contribution in [0.15, 0.2) is 42.5 Å². The van der Waals surface area contributed by atoms with Crippen molar-refractivity contribution in [3.8, 4) is 11.5 Å². The van der Waals surface area contributed by atoms with E-state index >= 15 is 0 Å². The Bertz CT molecular complexity index is 789. The molecule has 0 atom stereocenters. The quantitative estimate of drug-likeness (QED) is 0.478. The molecular formula is C21H22O5. The number of esters is 1. The summed E-state index contributed by atoms with van der Waals surface area (Å²) in [5.74, 6) is -1.17. The highest BCUT2D eigenvalue weighted by Gasteiger charge is 2.17. The number of phenols is 2. The summed E-state index contributed by atoms with van der Waals surface area (Å²) >= 11 is 0. The Morgan fingerprint density at radius 2 is 1.54 bits per heavy atom. The van der Waals surface area contributed by atoms with Crippen molar-refractivity contribution in [1.29, 1.82) is 0 Å². The Hall–Kier alpha value is -2.82. The van der Waals surface area contributed by atoms with Gasteiger partial charge in [-0.2, -0.15) is 0 Å². The van der Waals surface area contributed by atoms with Gasteiger partial charge in [0, 0.05) is 5.56 Å². The molecule has 0 amide bonds. The first-order valence-electron chi connectivity index (χ1n) is 8.87. The molecule has 5 nitrogen and oxygen atoms in total. The SMILES string of the molecule is O=C(COC(=O)c1ccc(O)c(O)c1)c1ccc(C2CCCCC2)cc1. The Kier molecular flexibility index (Phi) is 5.56. The van der Waals surface area contributed by atoms with Crippen molar-refractivity contribution in [2.45, 2.75) is 38.0 Å². The summed E-state index contributed by atoms with van der Waals surface area (Å²) in [6.07, 6.45) is 6.22. The Morgan fingerprint density at radius 3 is 2.19 bits per heavy atom. The topological polar surface area (TPSA) is 83.8 Å². The number of ether oxygens (including phenoxy) is 1. The molecule has 0 aliphatic heterocycles. The molecule has 2 N–H and O–H groups in total. The highest BCUT2D eigenvalue weighted by molar-refractivity contribution is 5.99. The van der Waals surface area contributed by atoms with Gasteiger partial charge >= 0.3 is 5.97 Å². The molecule has 0 bridgehead atoms. The molecule has 1 aliphatic carbocycles. The van der Waals surface area contributed by atoms with Crippen molar-refractivity contribution < 1.29 is 24.5 Å². The number of aromatic hydroxyl groups is 2. The van der Waals surface area contributed by atoms with Crippen molar-refractivity contribution in [2.24, 2.45) is 0 Å². The van der Waals surface area contributed by atoms with Crippen LogP contribution in [0.2, 0.25) is 0 Å². The summed E-state index contributed by atoms with van der Waals surface area (Å²) in [5, 5.41) is 18.7. The van der Waals surface area contributed by atoms with Gasteiger partial charge in [0.05, 0.1) is 5.56 Å². The second-order valence-corrected chi connectivity index (χ2v) is 6.66. The van der Waals surface area contributed by atoms with Crippen LogP contribution in [0, 0.1) is 0 Å². The fourth-order valence-electron chi connectivity index (χ4n) is 3.33. The summed E-state index contributed by atoms with van der Waals surface area (Å²) in [6.45, 7) is -0.372. The maximum Gasteiger partial charge on any atom is 0.338 e. The minimum Gasteiger partial charge on any atom is -0.504 e. The van der Waals surface area contributed by atoms with Crippen molar-refractivity contribution >= 4 is 11.8 Å². The number of rotatable bonds is 5. The molecule has 0 unspecified atom stereocenters. The lowest BCUT2D eigenvalue weighted by Crippen LogP contribution is -2.14. The molecule has 0 heterocycles. The second-order valence-electron chi connectivity index (χ2n) is 6.66. The van der Waals surface area contributed by atoms with E-state index in [4.69, 9.17) is 4.74 Å². The lowest BCUT2D eigenvalue weighted by atomic mass is 9.84. The van der Waals surface area contributed by atoms with Gasteiger partial charge in [0.2, 0.25) is 0 Å². The molecule has 1 saturated carbocycles. The minimum absolute atomic E-state index is 0.0701. The number of Topliss-reactive ketones (excluding diaryl/α,β-unsaturated/α-hetero) is 1. The van der Waals surface area contributed by atoms with Crippen LogP contribution in [-0.2, 0) is 4.74 Å². The number of carbonyl (C=O) groups excluding carboxylic acids is 2. The van der Waals surface area contributed by atoms with Crippen molar-refractivity contribution in [3.63, 3.8) is 0 Å². The third-order valence-electron chi connectivity index (χ3n) is 4.85. The first-order valence-corrected chi connectivity index (χ1v) is 8.87. The van der Waals surface area contributed by atoms with Crippen LogP contribution in [0.25, 0.3) is 0 Å². The zero-order valence-corrected chi connectivity index (χ0v) is 14.5. The third-order valence-corrected chi connectivity index (χ3v) is 4.85. The van der Waals surface area contributed by atoms with Crippen LogP contribution < -0.4 is 0 Å². The van der Waals surface area contributed by atoms with Gasteiger partial charge in [-0.05, 0) is 42.5 Å². The lowest BCUT2D eigenvalue weighted by molar-refractivity contribution is 0.0474. The van der Waals surface area contributed by atoms with Crippen molar-refractivity contribution in [2.75, 3.05) is 6.61 Å². The molecule has 0 aromatic heterocycles. The van der Waals surface area contributed by atoms with Crippen molar-refractivity contribution in [3.05, 3.63) is 59.2 Å². The van der Waals surface area contributed by atoms with Gasteiger partial charge in [-0.15, -0.1) is 0 Å². The van der Waals surface area contributed by atoms with Gasteiger partial charge in [-0.1, -0.05) is 43.5 Å². The van der Waals surface area contributed by atoms with E-state index in [2.05, 4.69) is 0 Å². The van der Waals surface area contributed by atoms with E-state index in [1.807, 2.05) is 12.1 Å². The fraction of sp³-hybridized carbons (Fsp3) is 0.333. The first-order chi connectivity index (χ1) is 12.5. The number of phenolic OH excluding ortho intramolecular Hbond substituents is 2. The van der Waals surface area contributed by atoms with E-state index in [0.29, 0.717) is 11.5 Å².